The minimum Gasteiger partial charge on any atom is -0.481 e. The van der Waals surface area contributed by atoms with Crippen molar-refractivity contribution in [3.63, 3.8) is 0 Å². The van der Waals surface area contributed by atoms with Gasteiger partial charge in [0.1, 0.15) is 0 Å². The molecule has 0 aromatic heterocycles. The third-order valence-electron chi connectivity index (χ3n) is 4.16. The van der Waals surface area contributed by atoms with Crippen molar-refractivity contribution in [1.29, 1.82) is 0 Å². The van der Waals surface area contributed by atoms with Crippen LogP contribution in [0.15, 0.2) is 0 Å². The molecule has 5 nitrogen and oxygen atoms in total. The van der Waals surface area contributed by atoms with Crippen LogP contribution in [-0.2, 0) is 9.59 Å². The Morgan fingerprint density at radius 1 is 1.37 bits per heavy atom. The Morgan fingerprint density at radius 3 is 2.47 bits per heavy atom. The first-order valence-corrected chi connectivity index (χ1v) is 8.05. The van der Waals surface area contributed by atoms with E-state index in [9.17, 15) is 9.59 Å². The third-order valence-corrected chi connectivity index (χ3v) is 5.58. The molecule has 6 heteroatoms. The Morgan fingerprint density at radius 2 is 2.00 bits per heavy atom. The molecule has 1 saturated carbocycles. The lowest BCUT2D eigenvalue weighted by molar-refractivity contribution is -0.145. The van der Waals surface area contributed by atoms with E-state index >= 15 is 0 Å². The zero-order valence-electron chi connectivity index (χ0n) is 11.4. The van der Waals surface area contributed by atoms with Crippen molar-refractivity contribution in [2.75, 3.05) is 32.4 Å². The van der Waals surface area contributed by atoms with Crippen molar-refractivity contribution >= 4 is 23.6 Å². The van der Waals surface area contributed by atoms with Gasteiger partial charge in [-0.1, -0.05) is 0 Å². The molecule has 0 atom stereocenters. The standard InChI is InChI=1S/C13H22N2O3S/c1-19-13(4-5-13)9-14-8-11(16)15-6-2-10(3-7-15)12(17)18/h10,14H,2-9H2,1H3,(H,17,18). The fraction of sp³-hybridized carbons (Fsp3) is 0.846. The second-order valence-corrected chi connectivity index (χ2v) is 6.76. The summed E-state index contributed by atoms with van der Waals surface area (Å²) in [6, 6.07) is 0. The smallest absolute Gasteiger partial charge is 0.306 e. The van der Waals surface area contributed by atoms with Gasteiger partial charge in [-0.25, -0.2) is 0 Å². The first-order valence-electron chi connectivity index (χ1n) is 6.83. The Kier molecular flexibility index (Phi) is 4.73. The molecular weight excluding hydrogens is 264 g/mol. The summed E-state index contributed by atoms with van der Waals surface area (Å²) in [6.45, 7) is 2.42. The molecule has 2 aliphatic rings. The van der Waals surface area contributed by atoms with Gasteiger partial charge in [-0.15, -0.1) is 0 Å². The number of rotatable bonds is 6. The van der Waals surface area contributed by atoms with E-state index in [-0.39, 0.29) is 11.8 Å². The molecule has 0 radical (unpaired) electrons. The van der Waals surface area contributed by atoms with Gasteiger partial charge >= 0.3 is 5.97 Å². The number of amides is 1. The number of likely N-dealkylation sites (tertiary alicyclic amines) is 1. The lowest BCUT2D eigenvalue weighted by Crippen LogP contribution is -2.45. The second kappa shape index (κ2) is 6.13. The number of carboxylic acids is 1. The Balaban J connectivity index is 1.65. The minimum atomic E-state index is -0.735. The third kappa shape index (κ3) is 3.86. The van der Waals surface area contributed by atoms with Crippen molar-refractivity contribution < 1.29 is 14.7 Å². The zero-order chi connectivity index (χ0) is 13.9. The highest BCUT2D eigenvalue weighted by molar-refractivity contribution is 8.00. The van der Waals surface area contributed by atoms with Gasteiger partial charge in [-0.2, -0.15) is 11.8 Å². The van der Waals surface area contributed by atoms with E-state index in [1.54, 1.807) is 4.90 Å². The molecule has 0 aromatic rings. The maximum atomic E-state index is 12.0. The number of carbonyl (C=O) groups is 2. The monoisotopic (exact) mass is 286 g/mol. The summed E-state index contributed by atoms with van der Waals surface area (Å²) in [5, 5.41) is 12.2. The van der Waals surface area contributed by atoms with Gasteiger partial charge in [0.2, 0.25) is 5.91 Å². The van der Waals surface area contributed by atoms with Crippen LogP contribution in [0.4, 0.5) is 0 Å². The molecule has 108 valence electrons. The van der Waals surface area contributed by atoms with E-state index in [1.165, 1.54) is 12.8 Å². The number of nitrogens with zero attached hydrogens (tertiary/aromatic N) is 1. The van der Waals surface area contributed by atoms with Crippen molar-refractivity contribution in [2.45, 2.75) is 30.4 Å². The second-order valence-electron chi connectivity index (χ2n) is 5.48. The molecule has 0 bridgehead atoms. The predicted molar refractivity (Wildman–Crippen MR) is 75.3 cm³/mol. The van der Waals surface area contributed by atoms with Gasteiger partial charge in [0.25, 0.3) is 0 Å². The summed E-state index contributed by atoms with van der Waals surface area (Å²) < 4.78 is 0.372. The van der Waals surface area contributed by atoms with Gasteiger partial charge in [-0.3, -0.25) is 9.59 Å². The molecule has 2 N–H and O–H groups in total. The van der Waals surface area contributed by atoms with E-state index in [2.05, 4.69) is 11.6 Å². The Hall–Kier alpha value is -0.750. The largest absolute Gasteiger partial charge is 0.481 e. The highest BCUT2D eigenvalue weighted by Crippen LogP contribution is 2.46. The average Bonchev–Trinajstić information content (AvgIpc) is 3.19. The number of thioether (sulfide) groups is 1. The SMILES string of the molecule is CSC1(CNCC(=O)N2CCC(C(=O)O)CC2)CC1. The summed E-state index contributed by atoms with van der Waals surface area (Å²) in [6.07, 6.45) is 5.75. The molecule has 2 fully saturated rings. The van der Waals surface area contributed by atoms with Gasteiger partial charge in [0.05, 0.1) is 12.5 Å². The lowest BCUT2D eigenvalue weighted by Gasteiger charge is -2.30. The number of hydrogen-bond donors (Lipinski definition) is 2. The van der Waals surface area contributed by atoms with Crippen LogP contribution < -0.4 is 5.32 Å². The van der Waals surface area contributed by atoms with Crippen molar-refractivity contribution in [3.05, 3.63) is 0 Å². The molecule has 1 aliphatic carbocycles. The molecular formula is C13H22N2O3S. The van der Waals surface area contributed by atoms with Crippen LogP contribution in [0.2, 0.25) is 0 Å². The summed E-state index contributed by atoms with van der Waals surface area (Å²) in [4.78, 5) is 24.6. The average molecular weight is 286 g/mol. The van der Waals surface area contributed by atoms with Gasteiger partial charge in [-0.05, 0) is 31.9 Å². The molecule has 2 rings (SSSR count). The molecule has 1 saturated heterocycles. The molecule has 0 aromatic carbocycles. The number of nitrogens with one attached hydrogen (secondary N) is 1. The molecule has 19 heavy (non-hydrogen) atoms. The summed E-state index contributed by atoms with van der Waals surface area (Å²) in [5.74, 6) is -0.912. The van der Waals surface area contributed by atoms with Crippen LogP contribution in [0.25, 0.3) is 0 Å². The van der Waals surface area contributed by atoms with Crippen molar-refractivity contribution in [2.24, 2.45) is 5.92 Å². The lowest BCUT2D eigenvalue weighted by atomic mass is 9.97. The predicted octanol–water partition coefficient (Wildman–Crippen LogP) is 0.795. The number of aliphatic carboxylic acids is 1. The number of carboxylic acid groups (broad SMARTS) is 1. The van der Waals surface area contributed by atoms with Crippen LogP contribution in [-0.4, -0.2) is 59.1 Å². The molecule has 1 heterocycles. The summed E-state index contributed by atoms with van der Waals surface area (Å²) >= 11 is 1.88. The van der Waals surface area contributed by atoms with Gasteiger partial charge in [0.15, 0.2) is 0 Å². The number of hydrogen-bond acceptors (Lipinski definition) is 4. The fourth-order valence-electron chi connectivity index (χ4n) is 2.48. The van der Waals surface area contributed by atoms with E-state index in [4.69, 9.17) is 5.11 Å². The molecule has 0 unspecified atom stereocenters. The fourth-order valence-corrected chi connectivity index (χ4v) is 3.23. The molecule has 1 amide bonds. The van der Waals surface area contributed by atoms with Crippen LogP contribution >= 0.6 is 11.8 Å². The molecule has 0 spiro atoms. The summed E-state index contributed by atoms with van der Waals surface area (Å²) in [5.41, 5.74) is 0. The van der Waals surface area contributed by atoms with E-state index in [0.717, 1.165) is 6.54 Å². The minimum absolute atomic E-state index is 0.0979. The van der Waals surface area contributed by atoms with Crippen LogP contribution in [0.5, 0.6) is 0 Å². The van der Waals surface area contributed by atoms with Crippen LogP contribution in [0.3, 0.4) is 0 Å². The van der Waals surface area contributed by atoms with E-state index < -0.39 is 5.97 Å². The van der Waals surface area contributed by atoms with Crippen molar-refractivity contribution in [3.8, 4) is 0 Å². The highest BCUT2D eigenvalue weighted by atomic mass is 32.2. The summed E-state index contributed by atoms with van der Waals surface area (Å²) in [7, 11) is 0. The quantitative estimate of drug-likeness (QED) is 0.755. The Bertz CT molecular complexity index is 350. The first kappa shape index (κ1) is 14.7. The highest BCUT2D eigenvalue weighted by Gasteiger charge is 2.41. The van der Waals surface area contributed by atoms with Gasteiger partial charge in [0, 0.05) is 24.4 Å². The topological polar surface area (TPSA) is 69.6 Å². The van der Waals surface area contributed by atoms with Crippen molar-refractivity contribution in [1.82, 2.24) is 10.2 Å². The Labute approximate surface area is 118 Å². The number of carbonyl (C=O) groups excluding carboxylic acids is 1. The maximum absolute atomic E-state index is 12.0. The molecule has 1 aliphatic heterocycles. The number of piperidine rings is 1. The van der Waals surface area contributed by atoms with Crippen LogP contribution in [0.1, 0.15) is 25.7 Å². The van der Waals surface area contributed by atoms with Crippen LogP contribution in [0, 0.1) is 5.92 Å². The van der Waals surface area contributed by atoms with E-state index in [1.807, 2.05) is 11.8 Å². The van der Waals surface area contributed by atoms with Gasteiger partial charge < -0.3 is 15.3 Å². The first-order chi connectivity index (χ1) is 9.06. The zero-order valence-corrected chi connectivity index (χ0v) is 12.2. The maximum Gasteiger partial charge on any atom is 0.306 e. The van der Waals surface area contributed by atoms with E-state index in [0.29, 0.717) is 37.2 Å². The normalized spacial score (nSPS) is 22.3.